The maximum absolute atomic E-state index is 13.5. The average molecular weight is 1060 g/mol. The number of nitrogens with one attached hydrogen (secondary N) is 1. The number of nitrogens with zero attached hydrogens (tertiary/aromatic N) is 5. The minimum absolute atomic E-state index is 0.178. The molecule has 69 heavy (non-hydrogen) atoms. The van der Waals surface area contributed by atoms with Crippen molar-refractivity contribution in [3.05, 3.63) is 129 Å². The third-order valence-corrected chi connectivity index (χ3v) is 11.3. The molecular formula is C50H61BrCl2N6O10. The summed E-state index contributed by atoms with van der Waals surface area (Å²) in [5, 5.41) is 4.81. The first-order valence-electron chi connectivity index (χ1n) is 22.1. The van der Waals surface area contributed by atoms with Gasteiger partial charge in [0.25, 0.3) is 0 Å². The van der Waals surface area contributed by atoms with Crippen molar-refractivity contribution < 1.29 is 47.7 Å². The van der Waals surface area contributed by atoms with Crippen LogP contribution >= 0.6 is 39.1 Å². The van der Waals surface area contributed by atoms with Crippen LogP contribution in [0.15, 0.2) is 97.1 Å². The van der Waals surface area contributed by atoms with Gasteiger partial charge in [0.1, 0.15) is 11.2 Å². The molecule has 19 heteroatoms. The monoisotopic (exact) mass is 1050 g/mol. The average Bonchev–Trinajstić information content (AvgIpc) is 3.33. The number of carbonyl (C=O) groups is 6. The van der Waals surface area contributed by atoms with E-state index in [1.807, 2.05) is 53.7 Å². The molecular weight excluding hydrogens is 995 g/mol. The minimum Gasteiger partial charge on any atom is -0.465 e. The van der Waals surface area contributed by atoms with E-state index in [2.05, 4.69) is 26.0 Å². The lowest BCUT2D eigenvalue weighted by atomic mass is 10.1. The number of anilines is 2. The van der Waals surface area contributed by atoms with Crippen molar-refractivity contribution in [1.29, 1.82) is 0 Å². The fourth-order valence-electron chi connectivity index (χ4n) is 6.52. The highest BCUT2D eigenvalue weighted by molar-refractivity contribution is 9.08. The molecule has 0 aliphatic carbocycles. The molecule has 4 aromatic rings. The largest absolute Gasteiger partial charge is 0.465 e. The molecule has 0 spiro atoms. The van der Waals surface area contributed by atoms with Gasteiger partial charge in [0.05, 0.1) is 31.9 Å². The number of piperazine rings is 2. The van der Waals surface area contributed by atoms with Gasteiger partial charge < -0.3 is 43.9 Å². The molecule has 2 aliphatic heterocycles. The number of urea groups is 2. The van der Waals surface area contributed by atoms with E-state index in [0.717, 1.165) is 16.5 Å². The molecule has 0 aromatic heterocycles. The summed E-state index contributed by atoms with van der Waals surface area (Å²) < 4.78 is 20.1. The van der Waals surface area contributed by atoms with E-state index in [-0.39, 0.29) is 30.2 Å². The quantitative estimate of drug-likeness (QED) is 0.107. The molecule has 372 valence electrons. The minimum atomic E-state index is -0.571. The summed E-state index contributed by atoms with van der Waals surface area (Å²) in [7, 11) is 2.71. The van der Waals surface area contributed by atoms with E-state index in [1.165, 1.54) is 14.2 Å². The van der Waals surface area contributed by atoms with Crippen molar-refractivity contribution in [3.8, 4) is 0 Å². The van der Waals surface area contributed by atoms with Crippen LogP contribution in [0.1, 0.15) is 73.4 Å². The Bertz CT molecular complexity index is 2330. The van der Waals surface area contributed by atoms with Crippen LogP contribution in [0.2, 0.25) is 10.0 Å². The fourth-order valence-corrected chi connectivity index (χ4v) is 7.14. The second-order valence-corrected chi connectivity index (χ2v) is 19.1. The van der Waals surface area contributed by atoms with E-state index in [0.29, 0.717) is 91.4 Å². The van der Waals surface area contributed by atoms with Crippen LogP contribution in [0.3, 0.4) is 0 Å². The standard InChI is InChI=1S/C25H30ClN3O5.C16H22ClN3O3.C9H9BrO2/c1-25(2,3)34-24(32)28-15-13-27(14-16-28)23(31)29(21-11-9-20(26)10-12-21)17-18-5-7-19(8-6-18)22(30)33-4;1-16(2,3)23-15(22)20-10-8-19(9-11-20)14(21)18-13-6-4-12(17)5-7-13;1-12-9(11)8-4-2-7(6-10)3-5-8/h5-12H,13-17H2,1-4H3;4-7H,8-11H2,1-3H3,(H,18,21);2-5H,6H2,1H3. The predicted octanol–water partition coefficient (Wildman–Crippen LogP) is 10.6. The number of alkyl halides is 1. The van der Waals surface area contributed by atoms with Gasteiger partial charge in [-0.3, -0.25) is 4.90 Å². The van der Waals surface area contributed by atoms with Crippen molar-refractivity contribution in [2.45, 2.75) is 64.6 Å². The summed E-state index contributed by atoms with van der Waals surface area (Å²) in [5.74, 6) is -0.712. The zero-order valence-corrected chi connectivity index (χ0v) is 43.4. The lowest BCUT2D eigenvalue weighted by Crippen LogP contribution is -2.54. The highest BCUT2D eigenvalue weighted by Crippen LogP contribution is 2.24. The number of esters is 2. The number of benzene rings is 4. The highest BCUT2D eigenvalue weighted by atomic mass is 79.9. The Hall–Kier alpha value is -6.04. The summed E-state index contributed by atoms with van der Waals surface area (Å²) in [6.45, 7) is 14.7. The number of hydrogen-bond donors (Lipinski definition) is 1. The van der Waals surface area contributed by atoms with Crippen molar-refractivity contribution in [2.24, 2.45) is 0 Å². The first kappa shape index (κ1) is 55.6. The van der Waals surface area contributed by atoms with Gasteiger partial charge in [-0.05, 0) is 125 Å². The molecule has 0 atom stereocenters. The van der Waals surface area contributed by atoms with Crippen molar-refractivity contribution >= 4 is 86.7 Å². The molecule has 0 saturated carbocycles. The highest BCUT2D eigenvalue weighted by Gasteiger charge is 2.31. The zero-order chi connectivity index (χ0) is 50.9. The van der Waals surface area contributed by atoms with Crippen molar-refractivity contribution in [1.82, 2.24) is 19.6 Å². The van der Waals surface area contributed by atoms with Gasteiger partial charge >= 0.3 is 36.2 Å². The summed E-state index contributed by atoms with van der Waals surface area (Å²) >= 11 is 15.2. The van der Waals surface area contributed by atoms with Crippen LogP contribution in [-0.2, 0) is 30.8 Å². The first-order valence-corrected chi connectivity index (χ1v) is 24.0. The predicted molar refractivity (Wildman–Crippen MR) is 270 cm³/mol. The number of methoxy groups -OCH3 is 2. The van der Waals surface area contributed by atoms with E-state index in [4.69, 9.17) is 37.4 Å². The van der Waals surface area contributed by atoms with Crippen LogP contribution in [0.25, 0.3) is 0 Å². The second-order valence-electron chi connectivity index (χ2n) is 17.7. The van der Waals surface area contributed by atoms with E-state index in [1.54, 1.807) is 109 Å². The van der Waals surface area contributed by atoms with Crippen LogP contribution in [-0.4, -0.2) is 134 Å². The number of rotatable bonds is 7. The molecule has 2 aliphatic rings. The zero-order valence-electron chi connectivity index (χ0n) is 40.3. The molecule has 1 N–H and O–H groups in total. The molecule has 2 heterocycles. The molecule has 0 radical (unpaired) electrons. The van der Waals surface area contributed by atoms with Crippen LogP contribution in [0, 0.1) is 0 Å². The Labute approximate surface area is 422 Å². The van der Waals surface area contributed by atoms with Gasteiger partial charge in [0.15, 0.2) is 0 Å². The smallest absolute Gasteiger partial charge is 0.410 e. The number of ether oxygens (including phenoxy) is 4. The van der Waals surface area contributed by atoms with Crippen LogP contribution < -0.4 is 10.2 Å². The maximum Gasteiger partial charge on any atom is 0.410 e. The van der Waals surface area contributed by atoms with Gasteiger partial charge in [-0.1, -0.05) is 63.4 Å². The maximum atomic E-state index is 13.5. The Kier molecular flexibility index (Phi) is 21.0. The second kappa shape index (κ2) is 26.1. The van der Waals surface area contributed by atoms with Crippen LogP contribution in [0.4, 0.5) is 30.6 Å². The Morgan fingerprint density at radius 3 is 1.32 bits per heavy atom. The SMILES string of the molecule is CC(C)(C)OC(=O)N1CCN(C(=O)Nc2ccc(Cl)cc2)CC1.COC(=O)c1ccc(CBr)cc1.COC(=O)c1ccc(CN(C(=O)N2CCN(C(=O)OC(C)(C)C)CC2)c2ccc(Cl)cc2)cc1. The molecule has 6 rings (SSSR count). The van der Waals surface area contributed by atoms with E-state index in [9.17, 15) is 28.8 Å². The van der Waals surface area contributed by atoms with Gasteiger partial charge in [0, 0.05) is 79.1 Å². The normalized spacial score (nSPS) is 13.6. The molecule has 16 nitrogen and oxygen atoms in total. The van der Waals surface area contributed by atoms with Crippen molar-refractivity contribution in [2.75, 3.05) is 76.8 Å². The lowest BCUT2D eigenvalue weighted by Gasteiger charge is -2.38. The van der Waals surface area contributed by atoms with Crippen molar-refractivity contribution in [3.63, 3.8) is 0 Å². The summed E-state index contributed by atoms with van der Waals surface area (Å²) in [6.07, 6.45) is -0.713. The van der Waals surface area contributed by atoms with Gasteiger partial charge in [0.2, 0.25) is 0 Å². The summed E-state index contributed by atoms with van der Waals surface area (Å²) in [5.41, 5.74) is 3.32. The summed E-state index contributed by atoms with van der Waals surface area (Å²) in [6, 6.07) is 27.8. The Balaban J connectivity index is 0.000000254. The molecule has 6 amide bonds. The first-order chi connectivity index (χ1) is 32.6. The van der Waals surface area contributed by atoms with Gasteiger partial charge in [-0.25, -0.2) is 28.8 Å². The third-order valence-electron chi connectivity index (χ3n) is 10.1. The number of amides is 6. The lowest BCUT2D eigenvalue weighted by molar-refractivity contribution is 0.0165. The topological polar surface area (TPSA) is 168 Å². The van der Waals surface area contributed by atoms with Gasteiger partial charge in [-0.15, -0.1) is 0 Å². The van der Waals surface area contributed by atoms with E-state index < -0.39 is 17.2 Å². The Morgan fingerprint density at radius 1 is 0.551 bits per heavy atom. The van der Waals surface area contributed by atoms with Crippen LogP contribution in [0.5, 0.6) is 0 Å². The molecule has 2 saturated heterocycles. The number of halogens is 3. The number of hydrogen-bond acceptors (Lipinski definition) is 10. The number of carbonyl (C=O) groups excluding carboxylic acids is 6. The molecule has 2 fully saturated rings. The molecule has 0 unspecified atom stereocenters. The Morgan fingerprint density at radius 2 is 0.928 bits per heavy atom. The summed E-state index contributed by atoms with van der Waals surface area (Å²) in [4.78, 5) is 81.1. The van der Waals surface area contributed by atoms with Gasteiger partial charge in [-0.2, -0.15) is 0 Å². The molecule has 0 bridgehead atoms. The third kappa shape index (κ3) is 18.4. The molecule has 4 aromatic carbocycles. The fraction of sp³-hybridized carbons (Fsp3) is 0.400. The van der Waals surface area contributed by atoms with E-state index >= 15 is 0 Å².